The number of rotatable bonds is 9. The van der Waals surface area contributed by atoms with Crippen LogP contribution in [0.4, 0.5) is 5.69 Å². The Kier molecular flexibility index (Phi) is 7.56. The molecule has 1 aromatic rings. The Hall–Kier alpha value is -1.24. The first-order valence-corrected chi connectivity index (χ1v) is 7.84. The summed E-state index contributed by atoms with van der Waals surface area (Å²) in [5.74, 6) is 0.129. The third-order valence-electron chi connectivity index (χ3n) is 2.26. The monoisotopic (exact) mass is 338 g/mol. The van der Waals surface area contributed by atoms with Gasteiger partial charge in [-0.1, -0.05) is 5.04 Å². The Morgan fingerprint density at radius 2 is 2.14 bits per heavy atom. The summed E-state index contributed by atoms with van der Waals surface area (Å²) < 4.78 is 37.9. The van der Waals surface area contributed by atoms with Gasteiger partial charge in [0.25, 0.3) is 0 Å². The van der Waals surface area contributed by atoms with Crippen LogP contribution in [-0.4, -0.2) is 40.2 Å². The van der Waals surface area contributed by atoms with Crippen molar-refractivity contribution in [1.82, 2.24) is 0 Å². The molecule has 118 valence electrons. The molecule has 0 unspecified atom stereocenters. The average molecular weight is 338 g/mol. The van der Waals surface area contributed by atoms with Crippen molar-refractivity contribution in [3.8, 4) is 5.75 Å². The molecule has 9 nitrogen and oxygen atoms in total. The van der Waals surface area contributed by atoms with Gasteiger partial charge < -0.3 is 4.74 Å². The van der Waals surface area contributed by atoms with Crippen LogP contribution in [0, 0.1) is 0 Å². The molecule has 1 N–H and O–H groups in total. The number of hydrogen-bond donors (Lipinski definition) is 1. The fourth-order valence-corrected chi connectivity index (χ4v) is 2.80. The summed E-state index contributed by atoms with van der Waals surface area (Å²) in [5, 5.41) is 18.5. The Balaban J connectivity index is 2.81. The molecular weight excluding hydrogens is 324 g/mol. The highest BCUT2D eigenvalue weighted by Crippen LogP contribution is 2.30. The van der Waals surface area contributed by atoms with Crippen LogP contribution in [0.25, 0.3) is 0 Å². The maximum Gasteiger partial charge on any atom is 0.197 e. The second kappa shape index (κ2) is 8.92. The van der Waals surface area contributed by atoms with Gasteiger partial charge in [0.1, 0.15) is 11.4 Å². The molecule has 0 radical (unpaired) electrons. The van der Waals surface area contributed by atoms with Gasteiger partial charge in [-0.3, -0.25) is 4.18 Å². The molecule has 0 atom stereocenters. The maximum atomic E-state index is 12.1. The topological polar surface area (TPSA) is 116 Å². The Bertz CT molecular complexity index is 577. The summed E-state index contributed by atoms with van der Waals surface area (Å²) in [4.78, 5) is 0.0682. The molecule has 1 rings (SSSR count). The summed E-state index contributed by atoms with van der Waals surface area (Å²) >= 11 is 0.316. The van der Waals surface area contributed by atoms with Crippen molar-refractivity contribution in [2.24, 2.45) is 10.2 Å². The van der Waals surface area contributed by atoms with Gasteiger partial charge in [-0.2, -0.15) is 10.2 Å². The molecule has 0 spiro atoms. The second-order valence-corrected chi connectivity index (χ2v) is 6.10. The Morgan fingerprint density at radius 1 is 1.38 bits per heavy atom. The van der Waals surface area contributed by atoms with Crippen LogP contribution in [-0.2, 0) is 23.4 Å². The molecule has 0 saturated carbocycles. The average Bonchev–Trinajstić information content (AvgIpc) is 2.47. The van der Waals surface area contributed by atoms with Crippen molar-refractivity contribution in [3.05, 3.63) is 18.2 Å². The van der Waals surface area contributed by atoms with Gasteiger partial charge in [0, 0.05) is 7.05 Å². The first kappa shape index (κ1) is 17.8. The highest BCUT2D eigenvalue weighted by molar-refractivity contribution is 7.91. The maximum absolute atomic E-state index is 12.1. The number of sulfone groups is 1. The number of nitrogens with zero attached hydrogens (tertiary/aromatic N) is 2. The van der Waals surface area contributed by atoms with Crippen LogP contribution in [0.5, 0.6) is 5.75 Å². The highest BCUT2D eigenvalue weighted by atomic mass is 32.2. The van der Waals surface area contributed by atoms with Gasteiger partial charge in [-0.15, -0.1) is 4.33 Å². The molecule has 0 saturated heterocycles. The second-order valence-electron chi connectivity index (χ2n) is 3.49. The van der Waals surface area contributed by atoms with E-state index >= 15 is 0 Å². The lowest BCUT2D eigenvalue weighted by Crippen LogP contribution is -2.11. The van der Waals surface area contributed by atoms with Gasteiger partial charge in [0.05, 0.1) is 24.4 Å². The molecule has 0 aliphatic carbocycles. The fraction of sp³-hybridized carbons (Fsp3) is 0.400. The van der Waals surface area contributed by atoms with Crippen molar-refractivity contribution < 1.29 is 32.0 Å². The van der Waals surface area contributed by atoms with Crippen molar-refractivity contribution in [1.29, 1.82) is 0 Å². The summed E-state index contributed by atoms with van der Waals surface area (Å²) in [6, 6.07) is 4.26. The van der Waals surface area contributed by atoms with Gasteiger partial charge in [-0.05, 0) is 18.2 Å². The van der Waals surface area contributed by atoms with Crippen molar-refractivity contribution in [2.75, 3.05) is 26.5 Å². The molecule has 0 bridgehead atoms. The molecule has 0 amide bonds. The normalized spacial score (nSPS) is 12.0. The predicted molar refractivity (Wildman–Crippen MR) is 73.8 cm³/mol. The largest absolute Gasteiger partial charge is 0.494 e. The SMILES string of the molecule is C/N=N/c1cc(S(=O)(=O)CCOSOOO)ccc1OC. The van der Waals surface area contributed by atoms with Gasteiger partial charge >= 0.3 is 0 Å². The third kappa shape index (κ3) is 5.57. The zero-order chi connectivity index (χ0) is 15.7. The smallest absolute Gasteiger partial charge is 0.197 e. The van der Waals surface area contributed by atoms with E-state index in [1.807, 2.05) is 0 Å². The summed E-state index contributed by atoms with van der Waals surface area (Å²) in [5.41, 5.74) is 0.313. The minimum Gasteiger partial charge on any atom is -0.494 e. The van der Waals surface area contributed by atoms with E-state index in [4.69, 9.17) is 14.2 Å². The minimum absolute atomic E-state index is 0.0682. The van der Waals surface area contributed by atoms with E-state index in [0.29, 0.717) is 23.8 Å². The summed E-state index contributed by atoms with van der Waals surface area (Å²) in [6.07, 6.45) is 0. The van der Waals surface area contributed by atoms with Crippen molar-refractivity contribution in [2.45, 2.75) is 4.90 Å². The molecule has 21 heavy (non-hydrogen) atoms. The van der Waals surface area contributed by atoms with Crippen LogP contribution in [0.1, 0.15) is 0 Å². The van der Waals surface area contributed by atoms with E-state index < -0.39 is 9.84 Å². The number of benzene rings is 1. The standard InChI is InChI=1S/C10H14N2O7S2/c1-11-12-9-7-8(3-4-10(9)16-2)21(14,15)6-5-17-20-19-18-13/h3-4,7,13H,5-6H2,1-2H3/b12-11+. The van der Waals surface area contributed by atoms with Gasteiger partial charge in [-0.25, -0.2) is 13.7 Å². The van der Waals surface area contributed by atoms with Gasteiger partial charge in [0.2, 0.25) is 0 Å². The summed E-state index contributed by atoms with van der Waals surface area (Å²) in [6.45, 7) is -0.160. The van der Waals surface area contributed by atoms with E-state index in [1.165, 1.54) is 32.4 Å². The summed E-state index contributed by atoms with van der Waals surface area (Å²) in [7, 11) is -0.650. The lowest BCUT2D eigenvalue weighted by atomic mass is 10.3. The zero-order valence-electron chi connectivity index (χ0n) is 11.3. The number of methoxy groups -OCH3 is 1. The first-order valence-electron chi connectivity index (χ1n) is 5.52. The van der Waals surface area contributed by atoms with Crippen LogP contribution >= 0.6 is 12.3 Å². The quantitative estimate of drug-likeness (QED) is 0.239. The first-order chi connectivity index (χ1) is 10.0. The lowest BCUT2D eigenvalue weighted by Gasteiger charge is -2.07. The number of ether oxygens (including phenoxy) is 1. The lowest BCUT2D eigenvalue weighted by molar-refractivity contribution is -0.434. The molecule has 0 aliphatic rings. The van der Waals surface area contributed by atoms with E-state index in [0.717, 1.165) is 0 Å². The third-order valence-corrected chi connectivity index (χ3v) is 4.31. The van der Waals surface area contributed by atoms with Crippen LogP contribution in [0.15, 0.2) is 33.3 Å². The predicted octanol–water partition coefficient (Wildman–Crippen LogP) is 2.18. The molecule has 11 heteroatoms. The van der Waals surface area contributed by atoms with Gasteiger partial charge in [0.15, 0.2) is 22.2 Å². The van der Waals surface area contributed by atoms with Crippen molar-refractivity contribution >= 4 is 27.8 Å². The number of azo groups is 1. The Labute approximate surface area is 126 Å². The van der Waals surface area contributed by atoms with Crippen molar-refractivity contribution in [3.63, 3.8) is 0 Å². The molecule has 1 aromatic carbocycles. The molecular formula is C10H14N2O7S2. The van der Waals surface area contributed by atoms with Crippen LogP contribution in [0.3, 0.4) is 0 Å². The van der Waals surface area contributed by atoms with E-state index in [1.54, 1.807) is 0 Å². The number of hydrogen-bond acceptors (Lipinski definition) is 10. The highest BCUT2D eigenvalue weighted by Gasteiger charge is 2.17. The van der Waals surface area contributed by atoms with E-state index in [9.17, 15) is 8.42 Å². The molecule has 0 aromatic heterocycles. The molecule has 0 fully saturated rings. The van der Waals surface area contributed by atoms with E-state index in [2.05, 4.69) is 19.6 Å². The molecule has 0 aliphatic heterocycles. The minimum atomic E-state index is -3.57. The Morgan fingerprint density at radius 3 is 2.76 bits per heavy atom. The van der Waals surface area contributed by atoms with Crippen LogP contribution in [0.2, 0.25) is 0 Å². The van der Waals surface area contributed by atoms with Crippen LogP contribution < -0.4 is 4.74 Å². The van der Waals surface area contributed by atoms with E-state index in [-0.39, 0.29) is 17.3 Å². The zero-order valence-corrected chi connectivity index (χ0v) is 12.9. The molecule has 0 heterocycles. The fourth-order valence-electron chi connectivity index (χ4n) is 1.38.